The summed E-state index contributed by atoms with van der Waals surface area (Å²) in [7, 11) is 1.70. The molecule has 0 saturated carbocycles. The van der Waals surface area contributed by atoms with E-state index in [1.807, 2.05) is 0 Å². The molecule has 2 atom stereocenters. The zero-order chi connectivity index (χ0) is 23.7. The third-order valence-corrected chi connectivity index (χ3v) is 6.14. The molecule has 1 unspecified atom stereocenters. The lowest BCUT2D eigenvalue weighted by Crippen LogP contribution is -2.32. The first-order valence-electron chi connectivity index (χ1n) is 10.4. The summed E-state index contributed by atoms with van der Waals surface area (Å²) in [5.41, 5.74) is 7.75. The monoisotopic (exact) mass is 512 g/mol. The Labute approximate surface area is 198 Å². The van der Waals surface area contributed by atoms with Gasteiger partial charge in [0.1, 0.15) is 23.7 Å². The summed E-state index contributed by atoms with van der Waals surface area (Å²) >= 11 is 3.33. The molecule has 3 aromatic rings. The van der Waals surface area contributed by atoms with Crippen molar-refractivity contribution in [1.82, 2.24) is 19.7 Å². The van der Waals surface area contributed by atoms with Crippen LogP contribution in [0.2, 0.25) is 0 Å². The second kappa shape index (κ2) is 9.19. The molecular weight excluding hydrogens is 491 g/mol. The summed E-state index contributed by atoms with van der Waals surface area (Å²) in [4.78, 5) is 19.4. The Morgan fingerprint density at radius 3 is 2.91 bits per heavy atom. The number of halogens is 2. The fourth-order valence-corrected chi connectivity index (χ4v) is 4.38. The number of ether oxygens (including phenoxy) is 1. The van der Waals surface area contributed by atoms with Crippen LogP contribution < -0.4 is 10.5 Å². The predicted octanol–water partition coefficient (Wildman–Crippen LogP) is 4.29. The Bertz CT molecular complexity index is 1250. The van der Waals surface area contributed by atoms with Gasteiger partial charge in [-0.1, -0.05) is 0 Å². The summed E-state index contributed by atoms with van der Waals surface area (Å²) in [5, 5.41) is 13.7. The van der Waals surface area contributed by atoms with Crippen molar-refractivity contribution < 1.29 is 13.9 Å². The number of rotatable bonds is 5. The molecule has 0 spiro atoms. The molecule has 0 aliphatic carbocycles. The van der Waals surface area contributed by atoms with Crippen LogP contribution in [0.15, 0.2) is 41.0 Å². The number of nitrogens with zero attached hydrogens (tertiary/aromatic N) is 5. The van der Waals surface area contributed by atoms with Crippen LogP contribution in [-0.2, 0) is 7.05 Å². The number of aromatic nitrogens is 3. The number of aryl methyl sites for hydroxylation is 1. The van der Waals surface area contributed by atoms with Gasteiger partial charge in [-0.3, -0.25) is 9.48 Å². The largest absolute Gasteiger partial charge is 0.482 e. The van der Waals surface area contributed by atoms with Crippen LogP contribution in [0.4, 0.5) is 10.2 Å². The van der Waals surface area contributed by atoms with Crippen LogP contribution >= 0.6 is 15.9 Å². The summed E-state index contributed by atoms with van der Waals surface area (Å²) < 4.78 is 22.3. The van der Waals surface area contributed by atoms with Crippen molar-refractivity contribution in [3.05, 3.63) is 69.3 Å². The highest BCUT2D eigenvalue weighted by Gasteiger charge is 2.34. The zero-order valence-electron chi connectivity index (χ0n) is 18.1. The van der Waals surface area contributed by atoms with Crippen molar-refractivity contribution in [2.45, 2.75) is 31.9 Å². The molecule has 8 nitrogen and oxygen atoms in total. The third kappa shape index (κ3) is 4.54. The van der Waals surface area contributed by atoms with Crippen LogP contribution in [0.25, 0.3) is 0 Å². The fourth-order valence-electron chi connectivity index (χ4n) is 4.07. The Morgan fingerprint density at radius 1 is 1.39 bits per heavy atom. The highest BCUT2D eigenvalue weighted by Crippen LogP contribution is 2.35. The summed E-state index contributed by atoms with van der Waals surface area (Å²) in [6, 6.07) is 9.26. The highest BCUT2D eigenvalue weighted by molar-refractivity contribution is 9.10. The van der Waals surface area contributed by atoms with Crippen molar-refractivity contribution in [3.63, 3.8) is 0 Å². The number of hydrogen-bond acceptors (Lipinski definition) is 6. The lowest BCUT2D eigenvalue weighted by Gasteiger charge is -2.26. The van der Waals surface area contributed by atoms with Gasteiger partial charge >= 0.3 is 0 Å². The van der Waals surface area contributed by atoms with E-state index in [0.29, 0.717) is 39.3 Å². The molecule has 1 aromatic carbocycles. The van der Waals surface area contributed by atoms with Gasteiger partial charge < -0.3 is 15.4 Å². The topological polar surface area (TPSA) is 110 Å². The summed E-state index contributed by atoms with van der Waals surface area (Å²) in [6.45, 7) is 2.27. The molecule has 10 heteroatoms. The zero-order valence-corrected chi connectivity index (χ0v) is 19.7. The number of nitrogen functional groups attached to an aromatic ring is 1. The summed E-state index contributed by atoms with van der Waals surface area (Å²) in [5.74, 6) is -0.195. The van der Waals surface area contributed by atoms with Crippen LogP contribution in [0.1, 0.15) is 59.2 Å². The van der Waals surface area contributed by atoms with Gasteiger partial charge in [0.25, 0.3) is 5.91 Å². The SMILES string of the molecule is C[C@@H](Oc1cc(Br)cnc1N)c1cc(F)ccc1C(=O)N1CCCC1c1cc(C#N)n(C)n1. The second-order valence-corrected chi connectivity index (χ2v) is 8.79. The third-order valence-electron chi connectivity index (χ3n) is 5.70. The molecule has 33 heavy (non-hydrogen) atoms. The smallest absolute Gasteiger partial charge is 0.254 e. The number of hydrogen-bond donors (Lipinski definition) is 1. The molecule has 1 fully saturated rings. The lowest BCUT2D eigenvalue weighted by molar-refractivity contribution is 0.0727. The van der Waals surface area contributed by atoms with E-state index < -0.39 is 11.9 Å². The molecule has 1 aliphatic rings. The van der Waals surface area contributed by atoms with E-state index in [1.54, 1.807) is 37.2 Å². The van der Waals surface area contributed by atoms with E-state index in [9.17, 15) is 14.4 Å². The predicted molar refractivity (Wildman–Crippen MR) is 123 cm³/mol. The van der Waals surface area contributed by atoms with E-state index in [1.165, 1.54) is 22.9 Å². The average Bonchev–Trinajstić information content (AvgIpc) is 3.42. The van der Waals surface area contributed by atoms with Crippen LogP contribution in [0.3, 0.4) is 0 Å². The fraction of sp³-hybridized carbons (Fsp3) is 0.304. The number of pyridine rings is 1. The lowest BCUT2D eigenvalue weighted by atomic mass is 10.0. The number of carbonyl (C=O) groups excluding carboxylic acids is 1. The normalized spacial score (nSPS) is 16.5. The van der Waals surface area contributed by atoms with Gasteiger partial charge in [0, 0.05) is 35.4 Å². The van der Waals surface area contributed by atoms with E-state index >= 15 is 0 Å². The molecule has 2 N–H and O–H groups in total. The molecular formula is C23H22BrFN6O2. The van der Waals surface area contributed by atoms with Gasteiger partial charge in [0.15, 0.2) is 11.6 Å². The van der Waals surface area contributed by atoms with E-state index in [4.69, 9.17) is 10.5 Å². The van der Waals surface area contributed by atoms with Crippen LogP contribution in [0, 0.1) is 17.1 Å². The Kier molecular flexibility index (Phi) is 6.33. The van der Waals surface area contributed by atoms with E-state index in [-0.39, 0.29) is 17.8 Å². The molecule has 3 heterocycles. The van der Waals surface area contributed by atoms with Crippen LogP contribution in [-0.4, -0.2) is 32.1 Å². The molecule has 0 bridgehead atoms. The Hall–Kier alpha value is -3.45. The number of nitrogens with two attached hydrogens (primary N) is 1. The van der Waals surface area contributed by atoms with Crippen molar-refractivity contribution in [1.29, 1.82) is 5.26 Å². The van der Waals surface area contributed by atoms with Crippen molar-refractivity contribution in [3.8, 4) is 11.8 Å². The molecule has 1 amide bonds. The maximum Gasteiger partial charge on any atom is 0.254 e. The minimum atomic E-state index is -0.667. The Morgan fingerprint density at radius 2 is 2.18 bits per heavy atom. The molecule has 0 radical (unpaired) electrons. The first kappa shape index (κ1) is 22.7. The van der Waals surface area contributed by atoms with Gasteiger partial charge in [0.2, 0.25) is 0 Å². The first-order valence-corrected chi connectivity index (χ1v) is 11.2. The van der Waals surface area contributed by atoms with Crippen molar-refractivity contribution in [2.24, 2.45) is 7.05 Å². The molecule has 170 valence electrons. The Balaban J connectivity index is 1.65. The number of anilines is 1. The van der Waals surface area contributed by atoms with Gasteiger partial charge in [-0.2, -0.15) is 10.4 Å². The maximum atomic E-state index is 14.2. The number of likely N-dealkylation sites (tertiary alicyclic amines) is 1. The first-order chi connectivity index (χ1) is 15.8. The second-order valence-electron chi connectivity index (χ2n) is 7.87. The van der Waals surface area contributed by atoms with Gasteiger partial charge in [-0.25, -0.2) is 9.37 Å². The number of nitriles is 1. The maximum absolute atomic E-state index is 14.2. The van der Waals surface area contributed by atoms with Gasteiger partial charge in [-0.15, -0.1) is 0 Å². The van der Waals surface area contributed by atoms with Gasteiger partial charge in [-0.05, 0) is 66.0 Å². The van der Waals surface area contributed by atoms with Crippen molar-refractivity contribution in [2.75, 3.05) is 12.3 Å². The minimum Gasteiger partial charge on any atom is -0.482 e. The molecule has 1 aliphatic heterocycles. The highest BCUT2D eigenvalue weighted by atomic mass is 79.9. The van der Waals surface area contributed by atoms with Crippen molar-refractivity contribution >= 4 is 27.7 Å². The molecule has 4 rings (SSSR count). The number of carbonyl (C=O) groups is 1. The number of benzene rings is 1. The van der Waals surface area contributed by atoms with E-state index in [0.717, 1.165) is 12.8 Å². The number of amides is 1. The average molecular weight is 513 g/mol. The molecule has 1 saturated heterocycles. The van der Waals surface area contributed by atoms with E-state index in [2.05, 4.69) is 32.1 Å². The van der Waals surface area contributed by atoms with Crippen LogP contribution in [0.5, 0.6) is 5.75 Å². The van der Waals surface area contributed by atoms with Gasteiger partial charge in [0.05, 0.1) is 11.7 Å². The quantitative estimate of drug-likeness (QED) is 0.545. The summed E-state index contributed by atoms with van der Waals surface area (Å²) in [6.07, 6.45) is 2.42. The molecule has 2 aromatic heterocycles. The minimum absolute atomic E-state index is 0.192. The standard InChI is InChI=1S/C23H22BrFN6O2/c1-13(33-21-8-14(24)12-28-22(21)27)18-9-15(25)5-6-17(18)23(32)31-7-3-4-20(31)19-10-16(11-26)30(2)29-19/h5-6,8-10,12-13,20H,3-4,7H2,1-2H3,(H2,27,28)/t13-,20?/m1/s1.